The summed E-state index contributed by atoms with van der Waals surface area (Å²) in [7, 11) is 0. The van der Waals surface area contributed by atoms with Crippen LogP contribution in [0.5, 0.6) is 0 Å². The minimum Gasteiger partial charge on any atom is -0.454 e. The lowest BCUT2D eigenvalue weighted by Gasteiger charge is -2.25. The molecule has 0 bridgehead atoms. The molecule has 0 aromatic heterocycles. The van der Waals surface area contributed by atoms with Crippen molar-refractivity contribution in [3.8, 4) is 0 Å². The Morgan fingerprint density at radius 2 is 1.79 bits per heavy atom. The highest BCUT2D eigenvalue weighted by atomic mass is 79.9. The summed E-state index contributed by atoms with van der Waals surface area (Å²) in [4.78, 5) is 62.2. The first-order valence-corrected chi connectivity index (χ1v) is 10.8. The second-order valence-electron chi connectivity index (χ2n) is 7.75. The lowest BCUT2D eigenvalue weighted by atomic mass is 10.0. The molecule has 0 spiro atoms. The van der Waals surface area contributed by atoms with Crippen molar-refractivity contribution in [1.82, 2.24) is 4.90 Å². The first kappa shape index (κ1) is 24.1. The summed E-state index contributed by atoms with van der Waals surface area (Å²) in [5.41, 5.74) is -0.532. The van der Waals surface area contributed by atoms with Crippen LogP contribution in [0.25, 0.3) is 0 Å². The predicted molar refractivity (Wildman–Crippen MR) is 121 cm³/mol. The van der Waals surface area contributed by atoms with Crippen molar-refractivity contribution in [2.75, 3.05) is 11.9 Å². The number of fused-ring (bicyclic) bond motifs is 1. The molecule has 0 unspecified atom stereocenters. The fraction of sp³-hybridized carbons (Fsp3) is 0.273. The quantitative estimate of drug-likeness (QED) is 0.244. The number of nitro groups is 1. The average Bonchev–Trinajstić information content (AvgIpc) is 3.02. The molecule has 1 aliphatic heterocycles. The van der Waals surface area contributed by atoms with E-state index in [4.69, 9.17) is 4.74 Å². The van der Waals surface area contributed by atoms with Gasteiger partial charge in [-0.15, -0.1) is 0 Å². The highest BCUT2D eigenvalue weighted by molar-refractivity contribution is 9.10. The van der Waals surface area contributed by atoms with Crippen LogP contribution in [-0.2, 0) is 14.3 Å². The summed E-state index contributed by atoms with van der Waals surface area (Å²) in [5, 5.41) is 13.9. The molecule has 10 nitrogen and oxygen atoms in total. The fourth-order valence-electron chi connectivity index (χ4n) is 3.44. The lowest BCUT2D eigenvalue weighted by molar-refractivity contribution is -0.385. The molecule has 3 rings (SSSR count). The van der Waals surface area contributed by atoms with E-state index in [2.05, 4.69) is 21.2 Å². The van der Waals surface area contributed by atoms with Crippen LogP contribution in [-0.4, -0.2) is 46.2 Å². The molecule has 0 radical (unpaired) electrons. The molecule has 0 saturated carbocycles. The molecule has 1 aliphatic rings. The minimum absolute atomic E-state index is 0.0619. The molecular weight excluding hydrogens is 498 g/mol. The number of carbonyl (C=O) groups excluding carboxylic acids is 4. The monoisotopic (exact) mass is 517 g/mol. The first-order chi connectivity index (χ1) is 15.6. The number of halogens is 1. The van der Waals surface area contributed by atoms with Gasteiger partial charge < -0.3 is 10.1 Å². The third-order valence-corrected chi connectivity index (χ3v) is 5.40. The van der Waals surface area contributed by atoms with Gasteiger partial charge >= 0.3 is 5.97 Å². The number of nitrogens with zero attached hydrogens (tertiary/aromatic N) is 2. The molecule has 33 heavy (non-hydrogen) atoms. The van der Waals surface area contributed by atoms with Gasteiger partial charge in [0.1, 0.15) is 11.6 Å². The average molecular weight is 518 g/mol. The minimum atomic E-state index is -1.34. The number of nitro benzene ring substituents is 1. The van der Waals surface area contributed by atoms with Crippen LogP contribution in [0.4, 0.5) is 11.4 Å². The summed E-state index contributed by atoms with van der Waals surface area (Å²) in [6.45, 7) is 2.93. The number of anilines is 1. The van der Waals surface area contributed by atoms with Gasteiger partial charge in [-0.05, 0) is 42.7 Å². The molecular formula is C22H20BrN3O7. The lowest BCUT2D eigenvalue weighted by Crippen LogP contribution is -2.47. The summed E-state index contributed by atoms with van der Waals surface area (Å²) < 4.78 is 5.93. The van der Waals surface area contributed by atoms with Crippen LogP contribution in [0, 0.1) is 16.0 Å². The van der Waals surface area contributed by atoms with Crippen LogP contribution in [0.1, 0.15) is 41.0 Å². The summed E-state index contributed by atoms with van der Waals surface area (Å²) in [5.74, 6) is -3.44. The van der Waals surface area contributed by atoms with Crippen LogP contribution < -0.4 is 5.32 Å². The second kappa shape index (κ2) is 9.90. The third kappa shape index (κ3) is 5.25. The van der Waals surface area contributed by atoms with Crippen molar-refractivity contribution < 1.29 is 28.8 Å². The molecule has 1 N–H and O–H groups in total. The molecule has 0 aliphatic carbocycles. The largest absolute Gasteiger partial charge is 0.454 e. The van der Waals surface area contributed by atoms with Crippen LogP contribution in [0.3, 0.4) is 0 Å². The zero-order chi connectivity index (χ0) is 24.3. The van der Waals surface area contributed by atoms with Gasteiger partial charge in [-0.2, -0.15) is 0 Å². The molecule has 3 amide bonds. The molecule has 2 aromatic carbocycles. The molecule has 172 valence electrons. The van der Waals surface area contributed by atoms with Crippen molar-refractivity contribution in [2.24, 2.45) is 5.92 Å². The van der Waals surface area contributed by atoms with Gasteiger partial charge in [0, 0.05) is 16.2 Å². The second-order valence-corrected chi connectivity index (χ2v) is 8.66. The highest BCUT2D eigenvalue weighted by Crippen LogP contribution is 2.33. The van der Waals surface area contributed by atoms with Crippen molar-refractivity contribution >= 4 is 51.0 Å². The smallest absolute Gasteiger partial charge is 0.329 e. The van der Waals surface area contributed by atoms with Gasteiger partial charge in [-0.1, -0.05) is 35.8 Å². The number of hydrogen-bond acceptors (Lipinski definition) is 7. The number of esters is 1. The van der Waals surface area contributed by atoms with E-state index in [1.807, 2.05) is 0 Å². The molecule has 2 aromatic rings. The van der Waals surface area contributed by atoms with E-state index in [-0.39, 0.29) is 23.5 Å². The third-order valence-electron chi connectivity index (χ3n) is 4.87. The number of hydrogen-bond donors (Lipinski definition) is 1. The van der Waals surface area contributed by atoms with Crippen molar-refractivity contribution in [1.29, 1.82) is 0 Å². The topological polar surface area (TPSA) is 136 Å². The van der Waals surface area contributed by atoms with Crippen LogP contribution in [0.15, 0.2) is 46.9 Å². The van der Waals surface area contributed by atoms with Gasteiger partial charge in [0.05, 0.1) is 10.5 Å². The Kier molecular flexibility index (Phi) is 7.22. The Morgan fingerprint density at radius 3 is 2.39 bits per heavy atom. The van der Waals surface area contributed by atoms with E-state index in [9.17, 15) is 29.3 Å². The SMILES string of the molecule is CC(C)C[C@@H](C(=O)OCC(=O)Nc1ccc(Br)cc1)N1C(=O)c2cccc([N+](=O)[O-])c2C1=O. The number of amides is 3. The van der Waals surface area contributed by atoms with Crippen molar-refractivity contribution in [3.05, 3.63) is 68.2 Å². The molecule has 11 heteroatoms. The zero-order valence-corrected chi connectivity index (χ0v) is 19.3. The number of benzene rings is 2. The van der Waals surface area contributed by atoms with E-state index in [0.29, 0.717) is 10.6 Å². The maximum Gasteiger partial charge on any atom is 0.329 e. The number of carbonyl (C=O) groups is 4. The number of imide groups is 1. The molecule has 0 fully saturated rings. The van der Waals surface area contributed by atoms with E-state index in [0.717, 1.165) is 10.5 Å². The Bertz CT molecular complexity index is 1130. The standard InChI is InChI=1S/C22H20BrN3O7/c1-12(2)10-17(22(30)33-11-18(27)24-14-8-6-13(23)7-9-14)25-20(28)15-4-3-5-16(26(31)32)19(15)21(25)29/h3-9,12,17H,10-11H2,1-2H3,(H,24,27)/t17-/m0/s1. The van der Waals surface area contributed by atoms with Gasteiger partial charge in [0.25, 0.3) is 23.4 Å². The Labute approximate surface area is 197 Å². The number of rotatable bonds is 8. The van der Waals surface area contributed by atoms with E-state index >= 15 is 0 Å². The van der Waals surface area contributed by atoms with Crippen LogP contribution >= 0.6 is 15.9 Å². The Hall–Kier alpha value is -3.60. The summed E-state index contributed by atoms with van der Waals surface area (Å²) >= 11 is 3.28. The Morgan fingerprint density at radius 1 is 1.12 bits per heavy atom. The molecule has 0 saturated heterocycles. The van der Waals surface area contributed by atoms with Gasteiger partial charge in [0.15, 0.2) is 6.61 Å². The van der Waals surface area contributed by atoms with Gasteiger partial charge in [-0.3, -0.25) is 29.4 Å². The van der Waals surface area contributed by atoms with E-state index < -0.39 is 47.0 Å². The van der Waals surface area contributed by atoms with Gasteiger partial charge in [-0.25, -0.2) is 4.79 Å². The van der Waals surface area contributed by atoms with Crippen molar-refractivity contribution in [3.63, 3.8) is 0 Å². The maximum absolute atomic E-state index is 13.0. The highest BCUT2D eigenvalue weighted by Gasteiger charge is 2.47. The number of ether oxygens (including phenoxy) is 1. The van der Waals surface area contributed by atoms with E-state index in [1.54, 1.807) is 38.1 Å². The molecule has 1 atom stereocenters. The van der Waals surface area contributed by atoms with Gasteiger partial charge in [0.2, 0.25) is 0 Å². The number of nitrogens with one attached hydrogen (secondary N) is 1. The molecule has 1 heterocycles. The first-order valence-electron chi connectivity index (χ1n) is 9.97. The summed E-state index contributed by atoms with van der Waals surface area (Å²) in [6, 6.07) is 9.13. The summed E-state index contributed by atoms with van der Waals surface area (Å²) in [6.07, 6.45) is 0.0619. The predicted octanol–water partition coefficient (Wildman–Crippen LogP) is 3.55. The van der Waals surface area contributed by atoms with Crippen molar-refractivity contribution in [2.45, 2.75) is 26.3 Å². The Balaban J connectivity index is 1.77. The van der Waals surface area contributed by atoms with E-state index in [1.165, 1.54) is 12.1 Å². The maximum atomic E-state index is 13.0. The normalized spacial score (nSPS) is 13.6. The zero-order valence-electron chi connectivity index (χ0n) is 17.7. The fourth-order valence-corrected chi connectivity index (χ4v) is 3.70. The van der Waals surface area contributed by atoms with Crippen LogP contribution in [0.2, 0.25) is 0 Å².